The molecule has 0 spiro atoms. The van der Waals surface area contributed by atoms with Crippen LogP contribution in [-0.2, 0) is 11.2 Å². The number of carbonyl (C=O) groups is 1. The summed E-state index contributed by atoms with van der Waals surface area (Å²) in [7, 11) is 0. The Kier molecular flexibility index (Phi) is 3.38. The minimum Gasteiger partial charge on any atom is -0.391 e. The number of β-amino-alcohol motifs (C(OH)–C–C–N with tert-alkyl or cyclic N) is 1. The first-order valence-electron chi connectivity index (χ1n) is 5.24. The van der Waals surface area contributed by atoms with Crippen molar-refractivity contribution in [3.63, 3.8) is 0 Å². The number of nitrogens with zero attached hydrogens (tertiary/aromatic N) is 1. The van der Waals surface area contributed by atoms with Gasteiger partial charge in [0.2, 0.25) is 5.91 Å². The molecule has 0 aromatic carbocycles. The zero-order valence-corrected chi connectivity index (χ0v) is 9.37. The third kappa shape index (κ3) is 2.79. The lowest BCUT2D eigenvalue weighted by Crippen LogP contribution is -2.29. The van der Waals surface area contributed by atoms with E-state index in [1.54, 1.807) is 16.2 Å². The molecule has 1 amide bonds. The molecule has 2 heterocycles. The van der Waals surface area contributed by atoms with Gasteiger partial charge < -0.3 is 10.0 Å². The van der Waals surface area contributed by atoms with Crippen molar-refractivity contribution in [1.29, 1.82) is 0 Å². The smallest absolute Gasteiger partial charge is 0.223 e. The lowest BCUT2D eigenvalue weighted by atomic mass is 10.2. The molecule has 2 rings (SSSR count). The standard InChI is InChI=1S/C11H15NO2S/c13-9-5-6-12(8-9)11(14)4-3-10-2-1-7-15-10/h1-2,7,9,13H,3-6,8H2/t9-/m1/s1. The van der Waals surface area contributed by atoms with Gasteiger partial charge in [-0.3, -0.25) is 4.79 Å². The van der Waals surface area contributed by atoms with Crippen LogP contribution in [-0.4, -0.2) is 35.1 Å². The second kappa shape index (κ2) is 4.77. The molecule has 1 fully saturated rings. The van der Waals surface area contributed by atoms with Crippen molar-refractivity contribution >= 4 is 17.2 Å². The predicted octanol–water partition coefficient (Wildman–Crippen LogP) is 1.27. The molecule has 1 aliphatic rings. The molecule has 82 valence electrons. The Bertz CT molecular complexity index is 323. The normalized spacial score (nSPS) is 20.9. The van der Waals surface area contributed by atoms with Gasteiger partial charge in [-0.15, -0.1) is 11.3 Å². The molecule has 3 nitrogen and oxygen atoms in total. The maximum atomic E-state index is 11.7. The maximum absolute atomic E-state index is 11.7. The van der Waals surface area contributed by atoms with E-state index < -0.39 is 0 Å². The predicted molar refractivity (Wildman–Crippen MR) is 59.8 cm³/mol. The van der Waals surface area contributed by atoms with Gasteiger partial charge >= 0.3 is 0 Å². The Morgan fingerprint density at radius 2 is 2.53 bits per heavy atom. The molecular weight excluding hydrogens is 210 g/mol. The summed E-state index contributed by atoms with van der Waals surface area (Å²) in [5.41, 5.74) is 0. The summed E-state index contributed by atoms with van der Waals surface area (Å²) in [5, 5.41) is 11.3. The van der Waals surface area contributed by atoms with Crippen LogP contribution in [0.25, 0.3) is 0 Å². The summed E-state index contributed by atoms with van der Waals surface area (Å²) >= 11 is 1.69. The highest BCUT2D eigenvalue weighted by Gasteiger charge is 2.23. The van der Waals surface area contributed by atoms with E-state index in [9.17, 15) is 9.90 Å². The highest BCUT2D eigenvalue weighted by molar-refractivity contribution is 7.09. The number of aliphatic hydroxyl groups excluding tert-OH is 1. The summed E-state index contributed by atoms with van der Waals surface area (Å²) in [6.07, 6.45) is 1.80. The van der Waals surface area contributed by atoms with E-state index in [1.807, 2.05) is 11.4 Å². The number of hydrogen-bond donors (Lipinski definition) is 1. The van der Waals surface area contributed by atoms with Crippen molar-refractivity contribution < 1.29 is 9.90 Å². The number of rotatable bonds is 3. The van der Waals surface area contributed by atoms with Crippen molar-refractivity contribution in [2.75, 3.05) is 13.1 Å². The Hall–Kier alpha value is -0.870. The first kappa shape index (κ1) is 10.6. The maximum Gasteiger partial charge on any atom is 0.223 e. The molecule has 1 saturated heterocycles. The molecule has 1 aliphatic heterocycles. The van der Waals surface area contributed by atoms with E-state index in [0.717, 1.165) is 12.8 Å². The Labute approximate surface area is 93.3 Å². The zero-order valence-electron chi connectivity index (χ0n) is 8.56. The molecule has 4 heteroatoms. The summed E-state index contributed by atoms with van der Waals surface area (Å²) in [6.45, 7) is 1.23. The average Bonchev–Trinajstić information content (AvgIpc) is 2.84. The Morgan fingerprint density at radius 3 is 3.13 bits per heavy atom. The number of hydrogen-bond acceptors (Lipinski definition) is 3. The molecule has 0 unspecified atom stereocenters. The van der Waals surface area contributed by atoms with Crippen LogP contribution in [0.2, 0.25) is 0 Å². The second-order valence-corrected chi connectivity index (χ2v) is 4.89. The summed E-state index contributed by atoms with van der Waals surface area (Å²) in [5.74, 6) is 0.167. The van der Waals surface area contributed by atoms with E-state index >= 15 is 0 Å². The summed E-state index contributed by atoms with van der Waals surface area (Å²) in [4.78, 5) is 14.7. The highest BCUT2D eigenvalue weighted by Crippen LogP contribution is 2.14. The van der Waals surface area contributed by atoms with Crippen molar-refractivity contribution in [2.24, 2.45) is 0 Å². The van der Waals surface area contributed by atoms with Gasteiger partial charge in [-0.1, -0.05) is 6.07 Å². The number of thiophene rings is 1. The quantitative estimate of drug-likeness (QED) is 0.841. The van der Waals surface area contributed by atoms with Crippen LogP contribution in [0.3, 0.4) is 0 Å². The van der Waals surface area contributed by atoms with E-state index in [1.165, 1.54) is 4.88 Å². The second-order valence-electron chi connectivity index (χ2n) is 3.86. The average molecular weight is 225 g/mol. The Balaban J connectivity index is 1.78. The van der Waals surface area contributed by atoms with E-state index in [2.05, 4.69) is 6.07 Å². The number of aryl methyl sites for hydroxylation is 1. The number of likely N-dealkylation sites (tertiary alicyclic amines) is 1. The van der Waals surface area contributed by atoms with Crippen LogP contribution >= 0.6 is 11.3 Å². The van der Waals surface area contributed by atoms with Crippen LogP contribution in [0, 0.1) is 0 Å². The fourth-order valence-electron chi connectivity index (χ4n) is 1.81. The molecular formula is C11H15NO2S. The summed E-state index contributed by atoms with van der Waals surface area (Å²) < 4.78 is 0. The van der Waals surface area contributed by atoms with Crippen molar-refractivity contribution in [3.05, 3.63) is 22.4 Å². The number of carbonyl (C=O) groups excluding carboxylic acids is 1. The molecule has 1 N–H and O–H groups in total. The molecule has 15 heavy (non-hydrogen) atoms. The minimum absolute atomic E-state index is 0.167. The fraction of sp³-hybridized carbons (Fsp3) is 0.545. The van der Waals surface area contributed by atoms with E-state index in [4.69, 9.17) is 0 Å². The molecule has 0 saturated carbocycles. The lowest BCUT2D eigenvalue weighted by molar-refractivity contribution is -0.130. The Morgan fingerprint density at radius 1 is 1.67 bits per heavy atom. The molecule has 0 bridgehead atoms. The molecule has 1 aromatic heterocycles. The van der Waals surface area contributed by atoms with Crippen LogP contribution in [0.1, 0.15) is 17.7 Å². The third-order valence-electron chi connectivity index (χ3n) is 2.68. The third-order valence-corrected chi connectivity index (χ3v) is 3.62. The van der Waals surface area contributed by atoms with Gasteiger partial charge in [0.1, 0.15) is 0 Å². The van der Waals surface area contributed by atoms with Crippen LogP contribution < -0.4 is 0 Å². The van der Waals surface area contributed by atoms with Gasteiger partial charge in [-0.25, -0.2) is 0 Å². The van der Waals surface area contributed by atoms with Crippen molar-refractivity contribution in [3.8, 4) is 0 Å². The van der Waals surface area contributed by atoms with E-state index in [-0.39, 0.29) is 12.0 Å². The molecule has 0 aliphatic carbocycles. The van der Waals surface area contributed by atoms with Gasteiger partial charge in [0, 0.05) is 24.4 Å². The van der Waals surface area contributed by atoms with Crippen molar-refractivity contribution in [2.45, 2.75) is 25.4 Å². The van der Waals surface area contributed by atoms with Gasteiger partial charge in [0.25, 0.3) is 0 Å². The summed E-state index contributed by atoms with van der Waals surface area (Å²) in [6, 6.07) is 4.06. The highest BCUT2D eigenvalue weighted by atomic mass is 32.1. The van der Waals surface area contributed by atoms with Crippen LogP contribution in [0.15, 0.2) is 17.5 Å². The van der Waals surface area contributed by atoms with Crippen molar-refractivity contribution in [1.82, 2.24) is 4.90 Å². The molecule has 1 aromatic rings. The monoisotopic (exact) mass is 225 g/mol. The SMILES string of the molecule is O=C(CCc1cccs1)N1CC[C@@H](O)C1. The first-order valence-corrected chi connectivity index (χ1v) is 6.12. The lowest BCUT2D eigenvalue weighted by Gasteiger charge is -2.14. The molecule has 1 atom stereocenters. The van der Waals surface area contributed by atoms with Gasteiger partial charge in [0.15, 0.2) is 0 Å². The van der Waals surface area contributed by atoms with Crippen LogP contribution in [0.4, 0.5) is 0 Å². The number of amides is 1. The fourth-order valence-corrected chi connectivity index (χ4v) is 2.52. The van der Waals surface area contributed by atoms with Crippen LogP contribution in [0.5, 0.6) is 0 Å². The first-order chi connectivity index (χ1) is 7.25. The number of aliphatic hydroxyl groups is 1. The van der Waals surface area contributed by atoms with Gasteiger partial charge in [0.05, 0.1) is 6.10 Å². The topological polar surface area (TPSA) is 40.5 Å². The minimum atomic E-state index is -0.310. The molecule has 0 radical (unpaired) electrons. The van der Waals surface area contributed by atoms with E-state index in [0.29, 0.717) is 19.5 Å². The van der Waals surface area contributed by atoms with Gasteiger partial charge in [-0.05, 0) is 24.3 Å². The van der Waals surface area contributed by atoms with Gasteiger partial charge in [-0.2, -0.15) is 0 Å². The largest absolute Gasteiger partial charge is 0.391 e. The zero-order chi connectivity index (χ0) is 10.7.